The molecule has 1 N–H and O–H groups in total. The van der Waals surface area contributed by atoms with Gasteiger partial charge in [-0.05, 0) is 74.0 Å². The smallest absolute Gasteiger partial charge is 0.303 e. The van der Waals surface area contributed by atoms with Crippen LogP contribution in [0.1, 0.15) is 65.2 Å². The Balaban J connectivity index is 1.63. The Kier molecular flexibility index (Phi) is 4.41. The summed E-state index contributed by atoms with van der Waals surface area (Å²) in [5.74, 6) is 0.0258. The molecule has 5 heteroatoms. The topological polar surface area (TPSA) is 80.7 Å². The van der Waals surface area contributed by atoms with E-state index in [1.165, 1.54) is 23.6 Å². The van der Waals surface area contributed by atoms with Crippen LogP contribution in [-0.2, 0) is 19.1 Å². The van der Waals surface area contributed by atoms with E-state index in [1.807, 2.05) is 13.0 Å². The number of carbonyl (C=O) groups excluding carboxylic acids is 3. The molecule has 0 amide bonds. The van der Waals surface area contributed by atoms with Crippen LogP contribution < -0.4 is 0 Å². The molecular formula is C22H28O5. The molecule has 0 heterocycles. The molecule has 0 aliphatic heterocycles. The average molecular weight is 372 g/mol. The van der Waals surface area contributed by atoms with Gasteiger partial charge in [-0.25, -0.2) is 0 Å². The molecule has 0 aromatic heterocycles. The van der Waals surface area contributed by atoms with E-state index in [2.05, 4.69) is 0 Å². The van der Waals surface area contributed by atoms with Gasteiger partial charge in [-0.2, -0.15) is 0 Å². The molecule has 4 aliphatic rings. The zero-order chi connectivity index (χ0) is 19.4. The number of fused-ring (bicyclic) bond motifs is 4. The van der Waals surface area contributed by atoms with E-state index in [-0.39, 0.29) is 24.1 Å². The molecule has 2 fully saturated rings. The predicted molar refractivity (Wildman–Crippen MR) is 98.7 cm³/mol. The fourth-order valence-corrected chi connectivity index (χ4v) is 6.29. The van der Waals surface area contributed by atoms with Crippen LogP contribution in [0.3, 0.4) is 0 Å². The third-order valence-corrected chi connectivity index (χ3v) is 7.75. The largest absolute Gasteiger partial charge is 0.458 e. The first-order valence-corrected chi connectivity index (χ1v) is 10.1. The Labute approximate surface area is 159 Å². The van der Waals surface area contributed by atoms with Crippen molar-refractivity contribution >= 4 is 17.5 Å². The van der Waals surface area contributed by atoms with Crippen LogP contribution >= 0.6 is 0 Å². The molecule has 5 nitrogen and oxygen atoms in total. The van der Waals surface area contributed by atoms with Crippen molar-refractivity contribution in [3.63, 3.8) is 0 Å². The highest BCUT2D eigenvalue weighted by atomic mass is 16.5. The van der Waals surface area contributed by atoms with E-state index >= 15 is 0 Å². The minimum absolute atomic E-state index is 0.236. The lowest BCUT2D eigenvalue weighted by atomic mass is 9.54. The molecule has 0 radical (unpaired) electrons. The second-order valence-electron chi connectivity index (χ2n) is 8.91. The van der Waals surface area contributed by atoms with E-state index in [1.54, 1.807) is 0 Å². The van der Waals surface area contributed by atoms with Crippen molar-refractivity contribution in [3.05, 3.63) is 22.8 Å². The van der Waals surface area contributed by atoms with Crippen molar-refractivity contribution in [3.8, 4) is 0 Å². The second-order valence-corrected chi connectivity index (χ2v) is 8.91. The predicted octanol–water partition coefficient (Wildman–Crippen LogP) is 3.06. The van der Waals surface area contributed by atoms with Gasteiger partial charge in [0, 0.05) is 18.8 Å². The fraction of sp³-hybridized carbons (Fsp3) is 0.682. The highest BCUT2D eigenvalue weighted by Crippen LogP contribution is 2.63. The number of esters is 1. The van der Waals surface area contributed by atoms with E-state index < -0.39 is 17.0 Å². The van der Waals surface area contributed by atoms with Crippen LogP contribution in [0.15, 0.2) is 22.8 Å². The van der Waals surface area contributed by atoms with Crippen LogP contribution in [0.5, 0.6) is 0 Å². The van der Waals surface area contributed by atoms with E-state index in [9.17, 15) is 19.5 Å². The molecule has 0 aromatic rings. The highest BCUT2D eigenvalue weighted by molar-refractivity contribution is 5.93. The number of carbonyl (C=O) groups is 3. The molecule has 146 valence electrons. The van der Waals surface area contributed by atoms with Gasteiger partial charge in [0.05, 0.1) is 0 Å². The first-order chi connectivity index (χ1) is 12.8. The summed E-state index contributed by atoms with van der Waals surface area (Å²) in [5, 5.41) is 11.4. The van der Waals surface area contributed by atoms with E-state index in [4.69, 9.17) is 4.74 Å². The zero-order valence-electron chi connectivity index (χ0n) is 16.2. The average Bonchev–Trinajstić information content (AvgIpc) is 2.91. The molecule has 27 heavy (non-hydrogen) atoms. The number of Topliss-reactive ketones (excluding diaryl/α,β-unsaturated/α-hetero) is 1. The second kappa shape index (κ2) is 6.40. The monoisotopic (exact) mass is 372 g/mol. The van der Waals surface area contributed by atoms with Crippen molar-refractivity contribution in [1.82, 2.24) is 0 Å². The van der Waals surface area contributed by atoms with Gasteiger partial charge in [0.15, 0.2) is 12.4 Å². The maximum atomic E-state index is 12.8. The van der Waals surface area contributed by atoms with Crippen molar-refractivity contribution in [2.45, 2.75) is 70.8 Å². The highest BCUT2D eigenvalue weighted by Gasteiger charge is 2.63. The summed E-state index contributed by atoms with van der Waals surface area (Å²) < 4.78 is 4.90. The lowest BCUT2D eigenvalue weighted by Crippen LogP contribution is -2.55. The Hall–Kier alpha value is -1.75. The summed E-state index contributed by atoms with van der Waals surface area (Å²) in [6.07, 6.45) is 8.08. The number of aliphatic hydroxyl groups is 1. The van der Waals surface area contributed by atoms with Gasteiger partial charge in [0.25, 0.3) is 0 Å². The fourth-order valence-electron chi connectivity index (χ4n) is 6.29. The molecule has 0 saturated heterocycles. The van der Waals surface area contributed by atoms with Crippen LogP contribution in [-0.4, -0.2) is 34.9 Å². The van der Waals surface area contributed by atoms with Crippen molar-refractivity contribution in [2.75, 3.05) is 6.61 Å². The lowest BCUT2D eigenvalue weighted by molar-refractivity contribution is -0.163. The van der Waals surface area contributed by atoms with Gasteiger partial charge < -0.3 is 9.84 Å². The zero-order valence-corrected chi connectivity index (χ0v) is 16.2. The number of hydrogen-bond acceptors (Lipinski definition) is 5. The van der Waals surface area contributed by atoms with Gasteiger partial charge in [0.1, 0.15) is 5.60 Å². The minimum atomic E-state index is -1.41. The van der Waals surface area contributed by atoms with Gasteiger partial charge in [-0.3, -0.25) is 14.4 Å². The summed E-state index contributed by atoms with van der Waals surface area (Å²) in [4.78, 5) is 35.6. The molecule has 2 saturated carbocycles. The molecule has 4 rings (SSSR count). The normalized spacial score (nSPS) is 37.9. The third kappa shape index (κ3) is 2.74. The Morgan fingerprint density at radius 1 is 1.19 bits per heavy atom. The molecule has 0 bridgehead atoms. The van der Waals surface area contributed by atoms with Crippen molar-refractivity contribution in [1.29, 1.82) is 0 Å². The SMILES string of the molecule is CC(=O)OCC(=O)[C@@]1(O)CC[C@H]2[C@@H]3CCC4=CC(=O)CCC4=C3CC[C@@]21C. The third-order valence-electron chi connectivity index (χ3n) is 7.75. The Morgan fingerprint density at radius 3 is 2.70 bits per heavy atom. The maximum absolute atomic E-state index is 12.8. The first-order valence-electron chi connectivity index (χ1n) is 10.1. The molecule has 0 unspecified atom stereocenters. The van der Waals surface area contributed by atoms with Crippen LogP contribution in [0.25, 0.3) is 0 Å². The number of rotatable bonds is 3. The molecule has 0 aromatic carbocycles. The number of allylic oxidation sites excluding steroid dienone is 4. The molecule has 0 spiro atoms. The molecule has 4 atom stereocenters. The Bertz CT molecular complexity index is 776. The van der Waals surface area contributed by atoms with Gasteiger partial charge in [0.2, 0.25) is 5.78 Å². The van der Waals surface area contributed by atoms with Crippen LogP contribution in [0.2, 0.25) is 0 Å². The quantitative estimate of drug-likeness (QED) is 0.770. The van der Waals surface area contributed by atoms with Crippen molar-refractivity contribution in [2.24, 2.45) is 17.3 Å². The van der Waals surface area contributed by atoms with E-state index in [0.717, 1.165) is 38.5 Å². The lowest BCUT2D eigenvalue weighted by Gasteiger charge is -2.51. The van der Waals surface area contributed by atoms with Crippen LogP contribution in [0, 0.1) is 17.3 Å². The summed E-state index contributed by atoms with van der Waals surface area (Å²) in [7, 11) is 0. The van der Waals surface area contributed by atoms with Crippen LogP contribution in [0.4, 0.5) is 0 Å². The van der Waals surface area contributed by atoms with Crippen molar-refractivity contribution < 1.29 is 24.2 Å². The first kappa shape index (κ1) is 18.6. The number of ether oxygens (including phenoxy) is 1. The summed E-state index contributed by atoms with van der Waals surface area (Å²) in [5.41, 5.74) is 2.18. The summed E-state index contributed by atoms with van der Waals surface area (Å²) in [6, 6.07) is 0. The standard InChI is InChI=1S/C22H28O5/c1-13(23)27-12-20(25)22(26)10-8-19-18-5-3-14-11-15(24)4-6-16(14)17(18)7-9-21(19,22)2/h11,18-19,26H,3-10,12H2,1-2H3/t18-,19+,21+,22+/m1/s1. The summed E-state index contributed by atoms with van der Waals surface area (Å²) in [6.45, 7) is 2.98. The number of hydrogen-bond donors (Lipinski definition) is 1. The minimum Gasteiger partial charge on any atom is -0.458 e. The van der Waals surface area contributed by atoms with E-state index in [0.29, 0.717) is 18.8 Å². The maximum Gasteiger partial charge on any atom is 0.303 e. The Morgan fingerprint density at radius 2 is 1.96 bits per heavy atom. The summed E-state index contributed by atoms with van der Waals surface area (Å²) >= 11 is 0. The van der Waals surface area contributed by atoms with Gasteiger partial charge >= 0.3 is 5.97 Å². The molecule has 4 aliphatic carbocycles. The number of ketones is 2. The van der Waals surface area contributed by atoms with Gasteiger partial charge in [-0.15, -0.1) is 0 Å². The van der Waals surface area contributed by atoms with Gasteiger partial charge in [-0.1, -0.05) is 12.5 Å². The molecular weight excluding hydrogens is 344 g/mol.